The summed E-state index contributed by atoms with van der Waals surface area (Å²) in [4.78, 5) is 0. The Morgan fingerprint density at radius 1 is 1.24 bits per heavy atom. The van der Waals surface area contributed by atoms with Gasteiger partial charge >= 0.3 is 0 Å². The molecule has 2 aromatic rings. The van der Waals surface area contributed by atoms with Crippen molar-refractivity contribution in [2.24, 2.45) is 0 Å². The normalized spacial score (nSPS) is 10.3. The van der Waals surface area contributed by atoms with E-state index in [1.807, 2.05) is 0 Å². The zero-order chi connectivity index (χ0) is 12.4. The molecule has 0 spiro atoms. The third-order valence-corrected chi connectivity index (χ3v) is 2.55. The predicted octanol–water partition coefficient (Wildman–Crippen LogP) is 4.16. The van der Waals surface area contributed by atoms with Gasteiger partial charge in [-0.15, -0.1) is 0 Å². The number of aryl methyl sites for hydroxylation is 1. The van der Waals surface area contributed by atoms with Crippen LogP contribution in [0.1, 0.15) is 5.56 Å². The Hall–Kier alpha value is -1.74. The molecule has 0 aromatic heterocycles. The zero-order valence-corrected chi connectivity index (χ0v) is 9.96. The minimum Gasteiger partial charge on any atom is -0.455 e. The van der Waals surface area contributed by atoms with Crippen LogP contribution in [0, 0.1) is 12.7 Å². The van der Waals surface area contributed by atoms with Gasteiger partial charge < -0.3 is 10.5 Å². The van der Waals surface area contributed by atoms with Crippen LogP contribution >= 0.6 is 11.6 Å². The van der Waals surface area contributed by atoms with Crippen LogP contribution in [0.25, 0.3) is 0 Å². The Morgan fingerprint density at radius 3 is 2.71 bits per heavy atom. The average Bonchev–Trinajstić information content (AvgIpc) is 2.26. The summed E-state index contributed by atoms with van der Waals surface area (Å²) in [6, 6.07) is 9.74. The van der Waals surface area contributed by atoms with Gasteiger partial charge in [-0.2, -0.15) is 0 Å². The Kier molecular flexibility index (Phi) is 3.20. The van der Waals surface area contributed by atoms with E-state index in [0.717, 1.165) is 0 Å². The van der Waals surface area contributed by atoms with Gasteiger partial charge in [-0.1, -0.05) is 17.7 Å². The number of hydrogen-bond donors (Lipinski definition) is 1. The second kappa shape index (κ2) is 4.63. The van der Waals surface area contributed by atoms with E-state index >= 15 is 0 Å². The summed E-state index contributed by atoms with van der Waals surface area (Å²) in [5.74, 6) is 0.641. The van der Waals surface area contributed by atoms with Crippen molar-refractivity contribution in [3.05, 3.63) is 52.8 Å². The number of rotatable bonds is 2. The first-order valence-electron chi connectivity index (χ1n) is 5.05. The second-order valence-corrected chi connectivity index (χ2v) is 4.14. The first-order chi connectivity index (χ1) is 8.06. The summed E-state index contributed by atoms with van der Waals surface area (Å²) in [5.41, 5.74) is 6.42. The number of anilines is 1. The molecule has 0 saturated carbocycles. The van der Waals surface area contributed by atoms with Gasteiger partial charge in [0.15, 0.2) is 5.75 Å². The third-order valence-electron chi connectivity index (χ3n) is 2.31. The van der Waals surface area contributed by atoms with E-state index in [1.165, 1.54) is 6.07 Å². The van der Waals surface area contributed by atoms with Gasteiger partial charge in [0.1, 0.15) is 11.6 Å². The van der Waals surface area contributed by atoms with Crippen LogP contribution in [0.15, 0.2) is 36.4 Å². The quantitative estimate of drug-likeness (QED) is 0.814. The monoisotopic (exact) mass is 251 g/mol. The summed E-state index contributed by atoms with van der Waals surface area (Å²) in [7, 11) is 0. The van der Waals surface area contributed by atoms with E-state index in [2.05, 4.69) is 0 Å². The molecule has 88 valence electrons. The number of nitrogen functional groups attached to an aromatic ring is 1. The molecule has 0 aliphatic carbocycles. The summed E-state index contributed by atoms with van der Waals surface area (Å²) in [6.07, 6.45) is 0. The second-order valence-electron chi connectivity index (χ2n) is 3.70. The molecule has 0 saturated heterocycles. The number of hydrogen-bond acceptors (Lipinski definition) is 2. The molecule has 0 fully saturated rings. The Labute approximate surface area is 104 Å². The van der Waals surface area contributed by atoms with Crippen molar-refractivity contribution in [3.8, 4) is 11.5 Å². The Morgan fingerprint density at radius 2 is 2.00 bits per heavy atom. The molecule has 2 aromatic carbocycles. The van der Waals surface area contributed by atoms with Gasteiger partial charge in [0, 0.05) is 11.1 Å². The lowest BCUT2D eigenvalue weighted by atomic mass is 10.2. The van der Waals surface area contributed by atoms with Crippen molar-refractivity contribution >= 4 is 17.3 Å². The van der Waals surface area contributed by atoms with Crippen LogP contribution in [0.5, 0.6) is 11.5 Å². The molecule has 0 aliphatic rings. The minimum absolute atomic E-state index is 0.257. The minimum atomic E-state index is -0.346. The molecule has 0 radical (unpaired) electrons. The molecule has 0 heterocycles. The van der Waals surface area contributed by atoms with E-state index in [0.29, 0.717) is 22.1 Å². The molecule has 17 heavy (non-hydrogen) atoms. The molecule has 0 unspecified atom stereocenters. The van der Waals surface area contributed by atoms with E-state index < -0.39 is 0 Å². The van der Waals surface area contributed by atoms with Crippen molar-refractivity contribution in [2.45, 2.75) is 6.92 Å². The van der Waals surface area contributed by atoms with Gasteiger partial charge in [0.05, 0.1) is 5.69 Å². The van der Waals surface area contributed by atoms with Gasteiger partial charge in [0.2, 0.25) is 0 Å². The number of benzene rings is 2. The van der Waals surface area contributed by atoms with Gasteiger partial charge in [0.25, 0.3) is 0 Å². The van der Waals surface area contributed by atoms with E-state index in [4.69, 9.17) is 22.1 Å². The Balaban J connectivity index is 2.33. The summed E-state index contributed by atoms with van der Waals surface area (Å²) in [6.45, 7) is 1.65. The number of nitrogens with two attached hydrogens (primary N) is 1. The van der Waals surface area contributed by atoms with Crippen molar-refractivity contribution in [2.75, 3.05) is 5.73 Å². The maximum atomic E-state index is 13.2. The van der Waals surface area contributed by atoms with Crippen molar-refractivity contribution in [1.29, 1.82) is 0 Å². The molecular weight excluding hydrogens is 241 g/mol. The van der Waals surface area contributed by atoms with Crippen LogP contribution in [-0.2, 0) is 0 Å². The smallest absolute Gasteiger partial charge is 0.150 e. The fourth-order valence-electron chi connectivity index (χ4n) is 1.42. The topological polar surface area (TPSA) is 35.2 Å². The largest absolute Gasteiger partial charge is 0.455 e. The van der Waals surface area contributed by atoms with Crippen LogP contribution in [0.4, 0.5) is 10.1 Å². The highest BCUT2D eigenvalue weighted by atomic mass is 35.5. The molecular formula is C13H11ClFNO. The summed E-state index contributed by atoms with van der Waals surface area (Å²) < 4.78 is 18.8. The first kappa shape index (κ1) is 11.7. The molecule has 0 aliphatic heterocycles. The van der Waals surface area contributed by atoms with Gasteiger partial charge in [-0.05, 0) is 36.8 Å². The average molecular weight is 252 g/mol. The Bertz CT molecular complexity index is 557. The third kappa shape index (κ3) is 2.68. The molecule has 2 rings (SSSR count). The molecule has 0 atom stereocenters. The van der Waals surface area contributed by atoms with Gasteiger partial charge in [-0.25, -0.2) is 4.39 Å². The SMILES string of the molecule is Cc1cc(Oc2cccc(Cl)c2)c(N)cc1F. The highest BCUT2D eigenvalue weighted by Crippen LogP contribution is 2.30. The number of halogens is 2. The van der Waals surface area contributed by atoms with Crippen LogP contribution in [0.3, 0.4) is 0 Å². The maximum absolute atomic E-state index is 13.2. The first-order valence-corrected chi connectivity index (χ1v) is 5.43. The molecule has 0 amide bonds. The van der Waals surface area contributed by atoms with Crippen molar-refractivity contribution < 1.29 is 9.13 Å². The van der Waals surface area contributed by atoms with Crippen molar-refractivity contribution in [3.63, 3.8) is 0 Å². The van der Waals surface area contributed by atoms with Crippen LogP contribution in [-0.4, -0.2) is 0 Å². The van der Waals surface area contributed by atoms with E-state index in [1.54, 1.807) is 37.3 Å². The lowest BCUT2D eigenvalue weighted by molar-refractivity contribution is 0.482. The number of ether oxygens (including phenoxy) is 1. The maximum Gasteiger partial charge on any atom is 0.150 e. The lowest BCUT2D eigenvalue weighted by Gasteiger charge is -2.10. The standard InChI is InChI=1S/C13H11ClFNO/c1-8-5-13(12(16)7-11(8)15)17-10-4-2-3-9(14)6-10/h2-7H,16H2,1H3. The lowest BCUT2D eigenvalue weighted by Crippen LogP contribution is -1.95. The molecule has 4 heteroatoms. The predicted molar refractivity (Wildman–Crippen MR) is 67.1 cm³/mol. The van der Waals surface area contributed by atoms with Gasteiger partial charge in [-0.3, -0.25) is 0 Å². The molecule has 2 nitrogen and oxygen atoms in total. The fourth-order valence-corrected chi connectivity index (χ4v) is 1.60. The highest BCUT2D eigenvalue weighted by molar-refractivity contribution is 6.30. The zero-order valence-electron chi connectivity index (χ0n) is 9.21. The van der Waals surface area contributed by atoms with Crippen molar-refractivity contribution in [1.82, 2.24) is 0 Å². The van der Waals surface area contributed by atoms with Crippen LogP contribution in [0.2, 0.25) is 5.02 Å². The summed E-state index contributed by atoms with van der Waals surface area (Å²) in [5, 5.41) is 0.569. The van der Waals surface area contributed by atoms with Crippen LogP contribution < -0.4 is 10.5 Å². The fraction of sp³-hybridized carbons (Fsp3) is 0.0769. The molecule has 0 bridgehead atoms. The molecule has 2 N–H and O–H groups in total. The highest BCUT2D eigenvalue weighted by Gasteiger charge is 2.07. The summed E-state index contributed by atoms with van der Waals surface area (Å²) >= 11 is 5.84. The van der Waals surface area contributed by atoms with E-state index in [9.17, 15) is 4.39 Å². The van der Waals surface area contributed by atoms with E-state index in [-0.39, 0.29) is 11.5 Å².